The highest BCUT2D eigenvalue weighted by Gasteiger charge is 2.41. The fraction of sp³-hybridized carbons (Fsp3) is 0.250. The molecule has 0 radical (unpaired) electrons. The first kappa shape index (κ1) is 25.6. The van der Waals surface area contributed by atoms with Crippen LogP contribution in [0.5, 0.6) is 5.75 Å². The first-order chi connectivity index (χ1) is 18.3. The lowest BCUT2D eigenvalue weighted by atomic mass is 9.73. The number of rotatable bonds is 5. The SMILES string of the molecule is Cc1ccc(N2C(N)=C(C#N)C(c3cc(C)cc(COc4ccc(Cl)cc4)c3C)C3=C2CCCC3=O)cc1. The van der Waals surface area contributed by atoms with Crippen LogP contribution in [0.4, 0.5) is 5.69 Å². The lowest BCUT2D eigenvalue weighted by Gasteiger charge is -2.40. The summed E-state index contributed by atoms with van der Waals surface area (Å²) >= 11 is 6.01. The molecule has 1 atom stereocenters. The van der Waals surface area contributed by atoms with Gasteiger partial charge in [0, 0.05) is 28.4 Å². The molecule has 1 aliphatic carbocycles. The Morgan fingerprint density at radius 1 is 1.03 bits per heavy atom. The summed E-state index contributed by atoms with van der Waals surface area (Å²) in [5.74, 6) is 0.666. The van der Waals surface area contributed by atoms with Crippen molar-refractivity contribution in [3.8, 4) is 11.8 Å². The van der Waals surface area contributed by atoms with Gasteiger partial charge in [0.1, 0.15) is 18.2 Å². The zero-order valence-electron chi connectivity index (χ0n) is 21.8. The average molecular weight is 524 g/mol. The first-order valence-corrected chi connectivity index (χ1v) is 13.2. The van der Waals surface area contributed by atoms with Crippen LogP contribution in [-0.4, -0.2) is 5.78 Å². The van der Waals surface area contributed by atoms with Crippen molar-refractivity contribution in [3.05, 3.63) is 116 Å². The van der Waals surface area contributed by atoms with Crippen molar-refractivity contribution >= 4 is 23.1 Å². The number of anilines is 1. The molecule has 192 valence electrons. The summed E-state index contributed by atoms with van der Waals surface area (Å²) in [5.41, 5.74) is 14.7. The minimum Gasteiger partial charge on any atom is -0.489 e. The number of aryl methyl sites for hydroxylation is 2. The Kier molecular flexibility index (Phi) is 7.01. The van der Waals surface area contributed by atoms with Gasteiger partial charge in [-0.15, -0.1) is 0 Å². The van der Waals surface area contributed by atoms with Gasteiger partial charge in [-0.3, -0.25) is 9.69 Å². The second kappa shape index (κ2) is 10.4. The van der Waals surface area contributed by atoms with Crippen molar-refractivity contribution in [1.29, 1.82) is 5.26 Å². The molecule has 1 aliphatic heterocycles. The van der Waals surface area contributed by atoms with E-state index in [9.17, 15) is 10.1 Å². The minimum atomic E-state index is -0.515. The Morgan fingerprint density at radius 3 is 2.42 bits per heavy atom. The molecule has 0 aromatic heterocycles. The molecule has 38 heavy (non-hydrogen) atoms. The van der Waals surface area contributed by atoms with Crippen molar-refractivity contribution < 1.29 is 9.53 Å². The van der Waals surface area contributed by atoms with E-state index >= 15 is 0 Å². The van der Waals surface area contributed by atoms with E-state index in [1.807, 2.05) is 62.1 Å². The number of halogens is 1. The molecule has 3 aromatic carbocycles. The van der Waals surface area contributed by atoms with Gasteiger partial charge in [-0.05, 0) is 86.7 Å². The molecule has 2 aliphatic rings. The van der Waals surface area contributed by atoms with Crippen LogP contribution in [0.2, 0.25) is 5.02 Å². The maximum absolute atomic E-state index is 13.5. The highest BCUT2D eigenvalue weighted by atomic mass is 35.5. The molecule has 2 N–H and O–H groups in total. The summed E-state index contributed by atoms with van der Waals surface area (Å²) in [4.78, 5) is 15.5. The van der Waals surface area contributed by atoms with Crippen LogP contribution in [0.15, 0.2) is 83.3 Å². The third-order valence-electron chi connectivity index (χ3n) is 7.42. The zero-order chi connectivity index (χ0) is 27.0. The standard InChI is InChI=1S/C32H30ClN3O2/c1-19-7-11-24(12-8-19)36-28-5-4-6-29(37)31(28)30(27(17-34)32(36)35)26-16-20(2)15-22(21(26)3)18-38-25-13-9-23(33)10-14-25/h7-16,30H,4-6,18,35H2,1-3H3. The van der Waals surface area contributed by atoms with Gasteiger partial charge in [-0.2, -0.15) is 5.26 Å². The van der Waals surface area contributed by atoms with E-state index in [1.165, 1.54) is 0 Å². The Bertz CT molecular complexity index is 1510. The second-order valence-corrected chi connectivity index (χ2v) is 10.5. The van der Waals surface area contributed by atoms with Crippen LogP contribution >= 0.6 is 11.6 Å². The normalized spacial score (nSPS) is 17.4. The minimum absolute atomic E-state index is 0.0773. The van der Waals surface area contributed by atoms with Gasteiger partial charge in [0.25, 0.3) is 0 Å². The van der Waals surface area contributed by atoms with Crippen molar-refractivity contribution in [2.24, 2.45) is 5.73 Å². The first-order valence-electron chi connectivity index (χ1n) is 12.8. The van der Waals surface area contributed by atoms with Crippen LogP contribution in [0, 0.1) is 32.1 Å². The topological polar surface area (TPSA) is 79.3 Å². The molecule has 0 fully saturated rings. The van der Waals surface area contributed by atoms with E-state index in [4.69, 9.17) is 22.1 Å². The Balaban J connectivity index is 1.62. The highest BCUT2D eigenvalue weighted by molar-refractivity contribution is 6.30. The van der Waals surface area contributed by atoms with Gasteiger partial charge < -0.3 is 10.5 Å². The van der Waals surface area contributed by atoms with Crippen LogP contribution in [-0.2, 0) is 11.4 Å². The van der Waals surface area contributed by atoms with Gasteiger partial charge in [-0.1, -0.05) is 47.0 Å². The molecule has 5 nitrogen and oxygen atoms in total. The molecule has 1 heterocycles. The third-order valence-corrected chi connectivity index (χ3v) is 7.68. The Hall–Kier alpha value is -4.01. The van der Waals surface area contributed by atoms with E-state index in [0.717, 1.165) is 57.8 Å². The number of hydrogen-bond donors (Lipinski definition) is 1. The average Bonchev–Trinajstić information content (AvgIpc) is 2.90. The summed E-state index contributed by atoms with van der Waals surface area (Å²) in [6.07, 6.45) is 1.95. The van der Waals surface area contributed by atoms with Gasteiger partial charge >= 0.3 is 0 Å². The number of ketones is 1. The van der Waals surface area contributed by atoms with E-state index in [-0.39, 0.29) is 5.78 Å². The molecule has 5 rings (SSSR count). The fourth-order valence-electron chi connectivity index (χ4n) is 5.49. The lowest BCUT2D eigenvalue weighted by molar-refractivity contribution is -0.116. The Morgan fingerprint density at radius 2 is 1.74 bits per heavy atom. The smallest absolute Gasteiger partial charge is 0.161 e. The lowest BCUT2D eigenvalue weighted by Crippen LogP contribution is -2.39. The number of carbonyl (C=O) groups is 1. The van der Waals surface area contributed by atoms with Gasteiger partial charge in [0.2, 0.25) is 0 Å². The summed E-state index contributed by atoms with van der Waals surface area (Å²) in [6.45, 7) is 6.43. The molecule has 6 heteroatoms. The third kappa shape index (κ3) is 4.68. The van der Waals surface area contributed by atoms with Gasteiger partial charge in [-0.25, -0.2) is 0 Å². The van der Waals surface area contributed by atoms with Crippen molar-refractivity contribution in [2.45, 2.75) is 52.6 Å². The number of nitrogens with two attached hydrogens (primary N) is 1. The van der Waals surface area contributed by atoms with Crippen molar-refractivity contribution in [3.63, 3.8) is 0 Å². The largest absolute Gasteiger partial charge is 0.489 e. The maximum Gasteiger partial charge on any atom is 0.161 e. The molecular weight excluding hydrogens is 494 g/mol. The summed E-state index contributed by atoms with van der Waals surface area (Å²) in [5, 5.41) is 11.0. The number of benzene rings is 3. The molecule has 1 unspecified atom stereocenters. The molecule has 0 amide bonds. The molecule has 3 aromatic rings. The highest BCUT2D eigenvalue weighted by Crippen LogP contribution is 2.47. The number of allylic oxidation sites excluding steroid dienone is 3. The van der Waals surface area contributed by atoms with E-state index in [0.29, 0.717) is 35.0 Å². The zero-order valence-corrected chi connectivity index (χ0v) is 22.6. The van der Waals surface area contributed by atoms with E-state index < -0.39 is 5.92 Å². The van der Waals surface area contributed by atoms with Crippen LogP contribution in [0.1, 0.15) is 53.0 Å². The number of Topliss-reactive ketones (excluding diaryl/α,β-unsaturated/α-hetero) is 1. The monoisotopic (exact) mass is 523 g/mol. The molecule has 0 saturated heterocycles. The summed E-state index contributed by atoms with van der Waals surface area (Å²) in [7, 11) is 0. The number of ether oxygens (including phenoxy) is 1. The molecular formula is C32H30ClN3O2. The number of nitrogens with zero attached hydrogens (tertiary/aromatic N) is 2. The summed E-state index contributed by atoms with van der Waals surface area (Å²) in [6, 6.07) is 21.8. The predicted molar refractivity (Wildman–Crippen MR) is 151 cm³/mol. The van der Waals surface area contributed by atoms with Crippen LogP contribution in [0.25, 0.3) is 0 Å². The van der Waals surface area contributed by atoms with Gasteiger partial charge in [0.05, 0.1) is 17.6 Å². The molecule has 0 bridgehead atoms. The van der Waals surface area contributed by atoms with Crippen molar-refractivity contribution in [2.75, 3.05) is 4.90 Å². The van der Waals surface area contributed by atoms with Crippen molar-refractivity contribution in [1.82, 2.24) is 0 Å². The molecule has 0 saturated carbocycles. The van der Waals surface area contributed by atoms with E-state index in [1.54, 1.807) is 12.1 Å². The van der Waals surface area contributed by atoms with E-state index in [2.05, 4.69) is 18.2 Å². The number of carbonyl (C=O) groups excluding carboxylic acids is 1. The number of hydrogen-bond acceptors (Lipinski definition) is 5. The maximum atomic E-state index is 13.5. The summed E-state index contributed by atoms with van der Waals surface area (Å²) < 4.78 is 6.06. The van der Waals surface area contributed by atoms with Crippen LogP contribution in [0.3, 0.4) is 0 Å². The Labute approximate surface area is 228 Å². The molecule has 0 spiro atoms. The quantitative estimate of drug-likeness (QED) is 0.384. The fourth-order valence-corrected chi connectivity index (χ4v) is 5.62. The van der Waals surface area contributed by atoms with Crippen LogP contribution < -0.4 is 15.4 Å². The second-order valence-electron chi connectivity index (χ2n) is 10.0. The van der Waals surface area contributed by atoms with Gasteiger partial charge in [0.15, 0.2) is 5.78 Å². The number of nitriles is 1. The predicted octanol–water partition coefficient (Wildman–Crippen LogP) is 7.15.